The molecule has 112 valence electrons. The second-order valence-electron chi connectivity index (χ2n) is 5.30. The molecule has 0 spiro atoms. The van der Waals surface area contributed by atoms with Gasteiger partial charge in [-0.1, -0.05) is 19.3 Å². The van der Waals surface area contributed by atoms with Crippen LogP contribution in [0.4, 0.5) is 5.69 Å². The van der Waals surface area contributed by atoms with Crippen LogP contribution < -0.4 is 10.5 Å². The van der Waals surface area contributed by atoms with Crippen molar-refractivity contribution < 1.29 is 13.5 Å². The van der Waals surface area contributed by atoms with Crippen molar-refractivity contribution in [3.8, 4) is 0 Å². The predicted molar refractivity (Wildman–Crippen MR) is 81.8 cm³/mol. The quantitative estimate of drug-likeness (QED) is 0.714. The lowest BCUT2D eigenvalue weighted by molar-refractivity contribution is 0.00945. The van der Waals surface area contributed by atoms with Crippen LogP contribution in [-0.4, -0.2) is 25.7 Å². The zero-order valence-electron chi connectivity index (χ0n) is 11.1. The van der Waals surface area contributed by atoms with E-state index in [4.69, 9.17) is 5.73 Å². The van der Waals surface area contributed by atoms with E-state index in [0.29, 0.717) is 23.0 Å². The van der Waals surface area contributed by atoms with Gasteiger partial charge < -0.3 is 10.8 Å². The molecule has 7 heteroatoms. The number of anilines is 1. The van der Waals surface area contributed by atoms with Crippen molar-refractivity contribution in [2.75, 3.05) is 12.3 Å². The summed E-state index contributed by atoms with van der Waals surface area (Å²) in [5.41, 5.74) is 5.07. The summed E-state index contributed by atoms with van der Waals surface area (Å²) in [6, 6.07) is 4.62. The molecule has 1 aliphatic rings. The lowest BCUT2D eigenvalue weighted by Crippen LogP contribution is -2.44. The highest BCUT2D eigenvalue weighted by Crippen LogP contribution is 2.29. The van der Waals surface area contributed by atoms with Crippen molar-refractivity contribution >= 4 is 31.6 Å². The summed E-state index contributed by atoms with van der Waals surface area (Å²) in [7, 11) is -3.69. The zero-order valence-corrected chi connectivity index (χ0v) is 13.5. The van der Waals surface area contributed by atoms with E-state index < -0.39 is 15.6 Å². The maximum atomic E-state index is 12.3. The van der Waals surface area contributed by atoms with Crippen molar-refractivity contribution in [1.29, 1.82) is 0 Å². The van der Waals surface area contributed by atoms with Gasteiger partial charge in [0.15, 0.2) is 0 Å². The van der Waals surface area contributed by atoms with E-state index >= 15 is 0 Å². The fraction of sp³-hybridized carbons (Fsp3) is 0.538. The fourth-order valence-electron chi connectivity index (χ4n) is 2.42. The summed E-state index contributed by atoms with van der Waals surface area (Å²) in [6.45, 7) is 0.0383. The van der Waals surface area contributed by atoms with Gasteiger partial charge in [-0.3, -0.25) is 0 Å². The Balaban J connectivity index is 2.13. The van der Waals surface area contributed by atoms with Crippen LogP contribution in [0.2, 0.25) is 0 Å². The van der Waals surface area contributed by atoms with Gasteiger partial charge in [-0.15, -0.1) is 0 Å². The molecular weight excluding hydrogens is 344 g/mol. The Morgan fingerprint density at radius 2 is 1.95 bits per heavy atom. The number of rotatable bonds is 4. The molecule has 20 heavy (non-hydrogen) atoms. The first kappa shape index (κ1) is 15.8. The molecule has 0 heterocycles. The number of nitrogens with two attached hydrogens (primary N) is 1. The molecule has 1 saturated carbocycles. The van der Waals surface area contributed by atoms with Crippen LogP contribution in [0.3, 0.4) is 0 Å². The molecule has 1 fully saturated rings. The molecule has 2 rings (SSSR count). The summed E-state index contributed by atoms with van der Waals surface area (Å²) in [5, 5.41) is 10.3. The highest BCUT2D eigenvalue weighted by Gasteiger charge is 2.31. The molecule has 5 nitrogen and oxygen atoms in total. The van der Waals surface area contributed by atoms with E-state index in [1.165, 1.54) is 6.07 Å². The number of nitrogen functional groups attached to an aromatic ring is 1. The molecule has 1 aliphatic carbocycles. The molecule has 0 bridgehead atoms. The summed E-state index contributed by atoms with van der Waals surface area (Å²) in [4.78, 5) is 0.0944. The summed E-state index contributed by atoms with van der Waals surface area (Å²) in [6.07, 6.45) is 4.22. The number of hydrogen-bond donors (Lipinski definition) is 3. The molecule has 1 aromatic carbocycles. The molecule has 1 aromatic rings. The van der Waals surface area contributed by atoms with Gasteiger partial charge in [-0.2, -0.15) is 0 Å². The summed E-state index contributed by atoms with van der Waals surface area (Å²) >= 11 is 3.21. The maximum Gasteiger partial charge on any atom is 0.241 e. The van der Waals surface area contributed by atoms with Gasteiger partial charge >= 0.3 is 0 Å². The first-order valence-electron chi connectivity index (χ1n) is 6.60. The van der Waals surface area contributed by atoms with Gasteiger partial charge in [0.2, 0.25) is 10.0 Å². The second-order valence-corrected chi connectivity index (χ2v) is 7.89. The first-order chi connectivity index (χ1) is 9.32. The molecule has 0 aromatic heterocycles. The number of nitrogens with one attached hydrogen (secondary N) is 1. The number of sulfonamides is 1. The Morgan fingerprint density at radius 3 is 2.60 bits per heavy atom. The van der Waals surface area contributed by atoms with E-state index in [0.717, 1.165) is 19.3 Å². The monoisotopic (exact) mass is 362 g/mol. The Labute approximate surface area is 127 Å². The van der Waals surface area contributed by atoms with Crippen molar-refractivity contribution in [3.05, 3.63) is 22.7 Å². The van der Waals surface area contributed by atoms with Gasteiger partial charge in [0, 0.05) is 16.7 Å². The van der Waals surface area contributed by atoms with Gasteiger partial charge in [-0.05, 0) is 47.0 Å². The minimum atomic E-state index is -3.69. The number of aliphatic hydroxyl groups is 1. The fourth-order valence-corrected chi connectivity index (χ4v) is 4.54. The average molecular weight is 363 g/mol. The Hall–Kier alpha value is -0.630. The summed E-state index contributed by atoms with van der Waals surface area (Å²) in [5.74, 6) is 0. The number of hydrogen-bond acceptors (Lipinski definition) is 4. The van der Waals surface area contributed by atoms with Crippen LogP contribution in [0.5, 0.6) is 0 Å². The van der Waals surface area contributed by atoms with Crippen LogP contribution in [0.15, 0.2) is 27.6 Å². The van der Waals surface area contributed by atoms with E-state index in [2.05, 4.69) is 20.7 Å². The van der Waals surface area contributed by atoms with Gasteiger partial charge in [-0.25, -0.2) is 13.1 Å². The van der Waals surface area contributed by atoms with Crippen molar-refractivity contribution in [3.63, 3.8) is 0 Å². The molecule has 0 aliphatic heterocycles. The minimum absolute atomic E-state index is 0.0383. The van der Waals surface area contributed by atoms with Gasteiger partial charge in [0.1, 0.15) is 0 Å². The average Bonchev–Trinajstić information content (AvgIpc) is 2.40. The SMILES string of the molecule is Nc1ccc(Br)c(S(=O)(=O)NCC2(O)CCCCC2)c1. The third kappa shape index (κ3) is 3.72. The van der Waals surface area contributed by atoms with Gasteiger partial charge in [0.05, 0.1) is 10.5 Å². The molecule has 0 radical (unpaired) electrons. The van der Waals surface area contributed by atoms with Crippen LogP contribution in [0.25, 0.3) is 0 Å². The Bertz CT molecular complexity index is 583. The van der Waals surface area contributed by atoms with E-state index in [9.17, 15) is 13.5 Å². The molecule has 0 unspecified atom stereocenters. The van der Waals surface area contributed by atoms with Crippen molar-refractivity contribution in [1.82, 2.24) is 4.72 Å². The maximum absolute atomic E-state index is 12.3. The van der Waals surface area contributed by atoms with Crippen LogP contribution in [0, 0.1) is 0 Å². The largest absolute Gasteiger partial charge is 0.399 e. The topological polar surface area (TPSA) is 92.4 Å². The third-order valence-electron chi connectivity index (χ3n) is 3.62. The summed E-state index contributed by atoms with van der Waals surface area (Å²) < 4.78 is 27.5. The Kier molecular flexibility index (Phi) is 4.73. The minimum Gasteiger partial charge on any atom is -0.399 e. The number of benzene rings is 1. The highest BCUT2D eigenvalue weighted by atomic mass is 79.9. The van der Waals surface area contributed by atoms with Crippen molar-refractivity contribution in [2.24, 2.45) is 0 Å². The lowest BCUT2D eigenvalue weighted by Gasteiger charge is -2.32. The standard InChI is InChI=1S/C13H19BrN2O3S/c14-11-5-4-10(15)8-12(11)20(18,19)16-9-13(17)6-2-1-3-7-13/h4-5,8,16-17H,1-3,6-7,9,15H2. The molecule has 0 atom stereocenters. The third-order valence-corrected chi connectivity index (χ3v) is 6.02. The second kappa shape index (κ2) is 6.01. The first-order valence-corrected chi connectivity index (χ1v) is 8.87. The molecule has 4 N–H and O–H groups in total. The molecular formula is C13H19BrN2O3S. The van der Waals surface area contributed by atoms with E-state index in [-0.39, 0.29) is 11.4 Å². The predicted octanol–water partition coefficient (Wildman–Crippen LogP) is 2.00. The van der Waals surface area contributed by atoms with E-state index in [1.807, 2.05) is 0 Å². The van der Waals surface area contributed by atoms with Crippen LogP contribution >= 0.6 is 15.9 Å². The smallest absolute Gasteiger partial charge is 0.241 e. The molecule has 0 saturated heterocycles. The van der Waals surface area contributed by atoms with Crippen molar-refractivity contribution in [2.45, 2.75) is 42.6 Å². The van der Waals surface area contributed by atoms with Crippen LogP contribution in [-0.2, 0) is 10.0 Å². The van der Waals surface area contributed by atoms with E-state index in [1.54, 1.807) is 12.1 Å². The number of halogens is 1. The zero-order chi connectivity index (χ0) is 14.8. The molecule has 0 amide bonds. The lowest BCUT2D eigenvalue weighted by atomic mass is 9.85. The highest BCUT2D eigenvalue weighted by molar-refractivity contribution is 9.10. The normalized spacial score (nSPS) is 18.9. The van der Waals surface area contributed by atoms with Crippen LogP contribution in [0.1, 0.15) is 32.1 Å². The van der Waals surface area contributed by atoms with Gasteiger partial charge in [0.25, 0.3) is 0 Å². The Morgan fingerprint density at radius 1 is 1.30 bits per heavy atom.